The molecule has 0 unspecified atom stereocenters. The number of nitrogens with two attached hydrogens (primary N) is 1. The second kappa shape index (κ2) is 7.96. The molecule has 1 aliphatic rings. The van der Waals surface area contributed by atoms with Crippen LogP contribution in [0.3, 0.4) is 0 Å². The molecule has 1 aliphatic heterocycles. The number of hydrogen-bond donors (Lipinski definition) is 1. The third-order valence-electron chi connectivity index (χ3n) is 3.83. The van der Waals surface area contributed by atoms with Gasteiger partial charge < -0.3 is 15.5 Å². The molecule has 1 aromatic rings. The maximum atomic E-state index is 5.56. The Balaban J connectivity index is 1.92. The molecule has 0 aliphatic carbocycles. The zero-order chi connectivity index (χ0) is 14.4. The lowest BCUT2D eigenvalue weighted by atomic mass is 10.2. The molecule has 20 heavy (non-hydrogen) atoms. The number of unbranched alkanes of at least 4 members (excludes halogenated alkanes) is 1. The fourth-order valence-corrected chi connectivity index (χ4v) is 3.20. The van der Waals surface area contributed by atoms with Crippen molar-refractivity contribution in [3.05, 3.63) is 22.3 Å². The highest BCUT2D eigenvalue weighted by Crippen LogP contribution is 2.21. The van der Waals surface area contributed by atoms with E-state index >= 15 is 0 Å². The summed E-state index contributed by atoms with van der Waals surface area (Å²) in [6, 6.07) is 2.15. The van der Waals surface area contributed by atoms with Crippen LogP contribution in [0.2, 0.25) is 0 Å². The van der Waals surface area contributed by atoms with Crippen LogP contribution in [0, 0.1) is 6.92 Å². The predicted molar refractivity (Wildman–Crippen MR) is 88.2 cm³/mol. The first-order valence-electron chi connectivity index (χ1n) is 7.50. The van der Waals surface area contributed by atoms with E-state index < -0.39 is 0 Å². The molecule has 1 saturated heterocycles. The second-order valence-corrected chi connectivity index (χ2v) is 6.39. The van der Waals surface area contributed by atoms with Gasteiger partial charge in [-0.2, -0.15) is 0 Å². The van der Waals surface area contributed by atoms with E-state index in [1.54, 1.807) is 0 Å². The molecule has 0 aromatic carbocycles. The topological polar surface area (TPSA) is 45.4 Å². The minimum absolute atomic E-state index is 0.808. The van der Waals surface area contributed by atoms with Crippen LogP contribution in [0.1, 0.15) is 24.8 Å². The molecule has 2 N–H and O–H groups in total. The van der Waals surface area contributed by atoms with Gasteiger partial charge in [0.15, 0.2) is 0 Å². The predicted octanol–water partition coefficient (Wildman–Crippen LogP) is 2.40. The Morgan fingerprint density at radius 1 is 1.25 bits per heavy atom. The summed E-state index contributed by atoms with van der Waals surface area (Å²) in [5, 5.41) is 0. The SMILES string of the molecule is Cc1cc(Br)cnc1N1CCCN(CCCCN)CC1. The monoisotopic (exact) mass is 340 g/mol. The van der Waals surface area contributed by atoms with Crippen molar-refractivity contribution < 1.29 is 0 Å². The highest BCUT2D eigenvalue weighted by atomic mass is 79.9. The summed E-state index contributed by atoms with van der Waals surface area (Å²) in [6.07, 6.45) is 5.45. The number of nitrogens with zero attached hydrogens (tertiary/aromatic N) is 3. The maximum Gasteiger partial charge on any atom is 0.131 e. The van der Waals surface area contributed by atoms with Gasteiger partial charge in [-0.3, -0.25) is 0 Å². The minimum Gasteiger partial charge on any atom is -0.355 e. The quantitative estimate of drug-likeness (QED) is 0.836. The van der Waals surface area contributed by atoms with Crippen molar-refractivity contribution in [2.24, 2.45) is 5.73 Å². The van der Waals surface area contributed by atoms with Crippen molar-refractivity contribution in [1.82, 2.24) is 9.88 Å². The van der Waals surface area contributed by atoms with E-state index in [-0.39, 0.29) is 0 Å². The molecular formula is C15H25BrN4. The maximum absolute atomic E-state index is 5.56. The number of aryl methyl sites for hydroxylation is 1. The number of rotatable bonds is 5. The Labute approximate surface area is 130 Å². The molecule has 0 amide bonds. The molecule has 0 saturated carbocycles. The van der Waals surface area contributed by atoms with Gasteiger partial charge >= 0.3 is 0 Å². The summed E-state index contributed by atoms with van der Waals surface area (Å²) in [4.78, 5) is 9.57. The Bertz CT molecular complexity index is 424. The molecule has 0 spiro atoms. The lowest BCUT2D eigenvalue weighted by Gasteiger charge is -2.24. The number of hydrogen-bond acceptors (Lipinski definition) is 4. The van der Waals surface area contributed by atoms with E-state index in [4.69, 9.17) is 5.73 Å². The van der Waals surface area contributed by atoms with Crippen LogP contribution in [0.4, 0.5) is 5.82 Å². The third kappa shape index (κ3) is 4.43. The van der Waals surface area contributed by atoms with Gasteiger partial charge in [0.05, 0.1) is 0 Å². The number of aromatic nitrogens is 1. The minimum atomic E-state index is 0.808. The molecule has 1 fully saturated rings. The van der Waals surface area contributed by atoms with Gasteiger partial charge in [-0.1, -0.05) is 0 Å². The highest BCUT2D eigenvalue weighted by molar-refractivity contribution is 9.10. The summed E-state index contributed by atoms with van der Waals surface area (Å²) in [5.74, 6) is 1.14. The Morgan fingerprint density at radius 3 is 2.85 bits per heavy atom. The van der Waals surface area contributed by atoms with E-state index in [0.29, 0.717) is 0 Å². The van der Waals surface area contributed by atoms with Crippen molar-refractivity contribution in [3.63, 3.8) is 0 Å². The van der Waals surface area contributed by atoms with Crippen LogP contribution < -0.4 is 10.6 Å². The normalized spacial score (nSPS) is 17.2. The smallest absolute Gasteiger partial charge is 0.131 e. The largest absolute Gasteiger partial charge is 0.355 e. The van der Waals surface area contributed by atoms with Crippen molar-refractivity contribution in [1.29, 1.82) is 0 Å². The molecule has 2 rings (SSSR count). The van der Waals surface area contributed by atoms with Gasteiger partial charge in [-0.15, -0.1) is 0 Å². The van der Waals surface area contributed by atoms with E-state index in [2.05, 4.69) is 43.7 Å². The first-order chi connectivity index (χ1) is 9.70. The van der Waals surface area contributed by atoms with Gasteiger partial charge in [0, 0.05) is 30.3 Å². The summed E-state index contributed by atoms with van der Waals surface area (Å²) in [6.45, 7) is 8.61. The lowest BCUT2D eigenvalue weighted by Crippen LogP contribution is -2.32. The van der Waals surface area contributed by atoms with Crippen LogP contribution in [0.25, 0.3) is 0 Å². The van der Waals surface area contributed by atoms with Gasteiger partial charge in [0.25, 0.3) is 0 Å². The average Bonchev–Trinajstić information content (AvgIpc) is 2.65. The van der Waals surface area contributed by atoms with Crippen molar-refractivity contribution in [3.8, 4) is 0 Å². The van der Waals surface area contributed by atoms with E-state index in [1.807, 2.05) is 6.20 Å². The van der Waals surface area contributed by atoms with E-state index in [9.17, 15) is 0 Å². The summed E-state index contributed by atoms with van der Waals surface area (Å²) in [7, 11) is 0. The van der Waals surface area contributed by atoms with E-state index in [0.717, 1.165) is 42.9 Å². The van der Waals surface area contributed by atoms with Crippen molar-refractivity contribution in [2.75, 3.05) is 44.2 Å². The summed E-state index contributed by atoms with van der Waals surface area (Å²) < 4.78 is 1.05. The van der Waals surface area contributed by atoms with Gasteiger partial charge in [-0.25, -0.2) is 4.98 Å². The Kier molecular flexibility index (Phi) is 6.26. The van der Waals surface area contributed by atoms with Crippen molar-refractivity contribution in [2.45, 2.75) is 26.2 Å². The van der Waals surface area contributed by atoms with Gasteiger partial charge in [0.1, 0.15) is 5.82 Å². The Morgan fingerprint density at radius 2 is 2.10 bits per heavy atom. The molecule has 0 radical (unpaired) electrons. The second-order valence-electron chi connectivity index (χ2n) is 5.47. The molecule has 2 heterocycles. The van der Waals surface area contributed by atoms with Crippen LogP contribution in [-0.4, -0.2) is 49.2 Å². The molecule has 1 aromatic heterocycles. The van der Waals surface area contributed by atoms with Crippen LogP contribution in [-0.2, 0) is 0 Å². The fourth-order valence-electron chi connectivity index (χ4n) is 2.75. The van der Waals surface area contributed by atoms with Crippen LogP contribution in [0.5, 0.6) is 0 Å². The highest BCUT2D eigenvalue weighted by Gasteiger charge is 2.17. The molecule has 0 atom stereocenters. The average molecular weight is 341 g/mol. The zero-order valence-corrected chi connectivity index (χ0v) is 13.9. The molecule has 112 valence electrons. The number of halogens is 1. The number of anilines is 1. The van der Waals surface area contributed by atoms with Crippen LogP contribution in [0.15, 0.2) is 16.7 Å². The molecular weight excluding hydrogens is 316 g/mol. The standard InChI is InChI=1S/C15H25BrN4/c1-13-11-14(16)12-18-15(13)20-8-4-7-19(9-10-20)6-3-2-5-17/h11-12H,2-10,17H2,1H3. The van der Waals surface area contributed by atoms with Gasteiger partial charge in [0.2, 0.25) is 0 Å². The number of pyridine rings is 1. The first-order valence-corrected chi connectivity index (χ1v) is 8.29. The molecule has 4 nitrogen and oxygen atoms in total. The van der Waals surface area contributed by atoms with Crippen LogP contribution >= 0.6 is 15.9 Å². The van der Waals surface area contributed by atoms with Crippen molar-refractivity contribution >= 4 is 21.7 Å². The first kappa shape index (κ1) is 15.7. The summed E-state index contributed by atoms with van der Waals surface area (Å²) in [5.41, 5.74) is 6.81. The zero-order valence-electron chi connectivity index (χ0n) is 12.3. The molecule has 5 heteroatoms. The fraction of sp³-hybridized carbons (Fsp3) is 0.667. The lowest BCUT2D eigenvalue weighted by molar-refractivity contribution is 0.288. The van der Waals surface area contributed by atoms with E-state index in [1.165, 1.54) is 31.5 Å². The van der Waals surface area contributed by atoms with Gasteiger partial charge in [-0.05, 0) is 73.4 Å². The molecule has 0 bridgehead atoms. The Hall–Kier alpha value is -0.650. The summed E-state index contributed by atoms with van der Waals surface area (Å²) >= 11 is 3.48. The third-order valence-corrected chi connectivity index (χ3v) is 4.27.